The number of aromatic carboxylic acids is 1. The van der Waals surface area contributed by atoms with Crippen LogP contribution in [0.5, 0.6) is 0 Å². The molecule has 1 fully saturated rings. The highest BCUT2D eigenvalue weighted by Crippen LogP contribution is 2.29. The van der Waals surface area contributed by atoms with Gasteiger partial charge in [0.05, 0.1) is 0 Å². The number of halogens is 1. The molecular weight excluding hydrogens is 410 g/mol. The number of benzene rings is 2. The topological polar surface area (TPSA) is 56.7 Å². The molecule has 5 nitrogen and oxygen atoms in total. The summed E-state index contributed by atoms with van der Waals surface area (Å²) >= 11 is 6.33. The lowest BCUT2D eigenvalue weighted by atomic mass is 10.0. The molecule has 1 atom stereocenters. The maximum Gasteiger partial charge on any atom is 0.339 e. The molecule has 1 saturated heterocycles. The van der Waals surface area contributed by atoms with Crippen LogP contribution in [-0.2, 0) is 6.54 Å². The third-order valence-corrected chi connectivity index (χ3v) is 6.26. The number of likely N-dealkylation sites (N-methyl/N-ethyl adjacent to an activating group) is 1. The van der Waals surface area contributed by atoms with Gasteiger partial charge in [-0.05, 0) is 42.3 Å². The SMILES string of the molecule is CCN(Cc1ccc(-c2ccccc2Cl)cc1)[C@@H]1CCN(c2ncccc2C(=O)O)C1. The fourth-order valence-electron chi connectivity index (χ4n) is 4.27. The molecule has 0 radical (unpaired) electrons. The van der Waals surface area contributed by atoms with Gasteiger partial charge in [-0.25, -0.2) is 9.78 Å². The van der Waals surface area contributed by atoms with E-state index in [1.165, 1.54) is 5.56 Å². The average molecular weight is 436 g/mol. The average Bonchev–Trinajstić information content (AvgIpc) is 3.28. The van der Waals surface area contributed by atoms with Crippen molar-refractivity contribution in [1.29, 1.82) is 0 Å². The Bertz CT molecular complexity index is 1050. The largest absolute Gasteiger partial charge is 0.478 e. The van der Waals surface area contributed by atoms with E-state index in [0.29, 0.717) is 11.9 Å². The molecule has 0 aliphatic carbocycles. The zero-order chi connectivity index (χ0) is 21.8. The van der Waals surface area contributed by atoms with Gasteiger partial charge < -0.3 is 10.0 Å². The van der Waals surface area contributed by atoms with Crippen molar-refractivity contribution in [3.8, 4) is 11.1 Å². The molecule has 1 N–H and O–H groups in total. The van der Waals surface area contributed by atoms with Gasteiger partial charge in [-0.1, -0.05) is 61.0 Å². The van der Waals surface area contributed by atoms with Crippen molar-refractivity contribution in [3.05, 3.63) is 83.0 Å². The fraction of sp³-hybridized carbons (Fsp3) is 0.280. The Balaban J connectivity index is 1.44. The molecule has 31 heavy (non-hydrogen) atoms. The highest BCUT2D eigenvalue weighted by molar-refractivity contribution is 6.33. The molecule has 2 heterocycles. The second-order valence-corrected chi connectivity index (χ2v) is 8.22. The monoisotopic (exact) mass is 435 g/mol. The van der Waals surface area contributed by atoms with E-state index in [1.807, 2.05) is 24.3 Å². The number of nitrogens with zero attached hydrogens (tertiary/aromatic N) is 3. The van der Waals surface area contributed by atoms with Crippen LogP contribution in [0.2, 0.25) is 5.02 Å². The van der Waals surface area contributed by atoms with Gasteiger partial charge in [0, 0.05) is 42.5 Å². The lowest BCUT2D eigenvalue weighted by molar-refractivity contribution is 0.0697. The normalized spacial score (nSPS) is 16.1. The Morgan fingerprint density at radius 1 is 1.16 bits per heavy atom. The first-order valence-corrected chi connectivity index (χ1v) is 11.0. The van der Waals surface area contributed by atoms with E-state index in [-0.39, 0.29) is 5.56 Å². The van der Waals surface area contributed by atoms with Crippen molar-refractivity contribution in [3.63, 3.8) is 0 Å². The fourth-order valence-corrected chi connectivity index (χ4v) is 4.51. The van der Waals surface area contributed by atoms with Crippen LogP contribution >= 0.6 is 11.6 Å². The summed E-state index contributed by atoms with van der Waals surface area (Å²) in [6, 6.07) is 20.1. The zero-order valence-corrected chi connectivity index (χ0v) is 18.3. The van der Waals surface area contributed by atoms with Gasteiger partial charge in [-0.15, -0.1) is 0 Å². The molecule has 4 rings (SSSR count). The summed E-state index contributed by atoms with van der Waals surface area (Å²) in [5.74, 6) is -0.366. The maximum atomic E-state index is 11.6. The number of anilines is 1. The van der Waals surface area contributed by atoms with Crippen LogP contribution in [0, 0.1) is 0 Å². The Morgan fingerprint density at radius 3 is 2.65 bits per heavy atom. The van der Waals surface area contributed by atoms with Crippen LogP contribution in [0.3, 0.4) is 0 Å². The molecule has 0 bridgehead atoms. The van der Waals surface area contributed by atoms with Gasteiger partial charge in [0.1, 0.15) is 11.4 Å². The number of carbonyl (C=O) groups is 1. The predicted octanol–water partition coefficient (Wildman–Crippen LogP) is 5.20. The van der Waals surface area contributed by atoms with Crippen LogP contribution in [0.25, 0.3) is 11.1 Å². The zero-order valence-electron chi connectivity index (χ0n) is 17.5. The van der Waals surface area contributed by atoms with Crippen LogP contribution in [0.4, 0.5) is 5.82 Å². The highest BCUT2D eigenvalue weighted by atomic mass is 35.5. The number of aromatic nitrogens is 1. The molecule has 1 aliphatic heterocycles. The number of hydrogen-bond acceptors (Lipinski definition) is 4. The third kappa shape index (κ3) is 4.73. The van der Waals surface area contributed by atoms with Crippen LogP contribution < -0.4 is 4.90 Å². The Morgan fingerprint density at radius 2 is 1.94 bits per heavy atom. The minimum atomic E-state index is -0.933. The van der Waals surface area contributed by atoms with E-state index in [2.05, 4.69) is 46.0 Å². The van der Waals surface area contributed by atoms with E-state index in [4.69, 9.17) is 11.6 Å². The number of pyridine rings is 1. The van der Waals surface area contributed by atoms with E-state index >= 15 is 0 Å². The molecule has 0 amide bonds. The van der Waals surface area contributed by atoms with E-state index in [9.17, 15) is 9.90 Å². The van der Waals surface area contributed by atoms with Crippen molar-refractivity contribution in [1.82, 2.24) is 9.88 Å². The lowest BCUT2D eigenvalue weighted by Gasteiger charge is -2.28. The van der Waals surface area contributed by atoms with Gasteiger partial charge >= 0.3 is 5.97 Å². The van der Waals surface area contributed by atoms with Gasteiger partial charge in [0.15, 0.2) is 0 Å². The molecule has 0 unspecified atom stereocenters. The summed E-state index contributed by atoms with van der Waals surface area (Å²) in [6.07, 6.45) is 2.65. The minimum Gasteiger partial charge on any atom is -0.478 e. The molecule has 1 aliphatic rings. The highest BCUT2D eigenvalue weighted by Gasteiger charge is 2.29. The smallest absolute Gasteiger partial charge is 0.339 e. The Hall–Kier alpha value is -2.89. The first kappa shape index (κ1) is 21.3. The van der Waals surface area contributed by atoms with Gasteiger partial charge in [-0.3, -0.25) is 4.90 Å². The van der Waals surface area contributed by atoms with Crippen molar-refractivity contribution in [2.75, 3.05) is 24.5 Å². The standard InChI is InChI=1S/C25H26ClN3O2/c1-2-28(16-18-9-11-19(12-10-18)21-6-3-4-8-23(21)26)20-13-15-29(17-20)24-22(25(30)31)7-5-14-27-24/h3-12,14,20H,2,13,15-17H2,1H3,(H,30,31)/t20-/m1/s1. The molecular formula is C25H26ClN3O2. The minimum absolute atomic E-state index is 0.265. The summed E-state index contributed by atoms with van der Waals surface area (Å²) in [7, 11) is 0. The van der Waals surface area contributed by atoms with Crippen molar-refractivity contribution in [2.24, 2.45) is 0 Å². The van der Waals surface area contributed by atoms with Crippen LogP contribution in [-0.4, -0.2) is 46.6 Å². The van der Waals surface area contributed by atoms with Crippen molar-refractivity contribution >= 4 is 23.4 Å². The van der Waals surface area contributed by atoms with E-state index in [0.717, 1.165) is 48.7 Å². The second-order valence-electron chi connectivity index (χ2n) is 7.81. The van der Waals surface area contributed by atoms with Crippen LogP contribution in [0.15, 0.2) is 66.9 Å². The maximum absolute atomic E-state index is 11.6. The number of carboxylic acid groups (broad SMARTS) is 1. The first-order chi connectivity index (χ1) is 15.1. The third-order valence-electron chi connectivity index (χ3n) is 5.93. The number of rotatable bonds is 7. The molecule has 0 saturated carbocycles. The van der Waals surface area contributed by atoms with Crippen molar-refractivity contribution < 1.29 is 9.90 Å². The summed E-state index contributed by atoms with van der Waals surface area (Å²) in [4.78, 5) is 20.5. The first-order valence-electron chi connectivity index (χ1n) is 10.6. The summed E-state index contributed by atoms with van der Waals surface area (Å²) in [6.45, 7) is 5.54. The van der Waals surface area contributed by atoms with Crippen molar-refractivity contribution in [2.45, 2.75) is 25.9 Å². The predicted molar refractivity (Wildman–Crippen MR) is 125 cm³/mol. The number of carboxylic acids is 1. The van der Waals surface area contributed by atoms with Gasteiger partial charge in [0.2, 0.25) is 0 Å². The quantitative estimate of drug-likeness (QED) is 0.552. The summed E-state index contributed by atoms with van der Waals surface area (Å²) in [5.41, 5.74) is 3.67. The van der Waals surface area contributed by atoms with Gasteiger partial charge in [-0.2, -0.15) is 0 Å². The van der Waals surface area contributed by atoms with E-state index < -0.39 is 5.97 Å². The number of hydrogen-bond donors (Lipinski definition) is 1. The Labute approximate surface area is 187 Å². The summed E-state index contributed by atoms with van der Waals surface area (Å²) < 4.78 is 0. The summed E-state index contributed by atoms with van der Waals surface area (Å²) in [5, 5.41) is 10.2. The molecule has 1 aromatic heterocycles. The molecule has 160 valence electrons. The molecule has 3 aromatic rings. The molecule has 0 spiro atoms. The second kappa shape index (κ2) is 9.50. The molecule has 2 aromatic carbocycles. The Kier molecular flexibility index (Phi) is 6.54. The van der Waals surface area contributed by atoms with E-state index in [1.54, 1.807) is 18.3 Å². The lowest BCUT2D eigenvalue weighted by Crippen LogP contribution is -2.37. The van der Waals surface area contributed by atoms with Crippen LogP contribution in [0.1, 0.15) is 29.3 Å². The van der Waals surface area contributed by atoms with Gasteiger partial charge in [0.25, 0.3) is 0 Å². The molecule has 6 heteroatoms.